The number of aryl methyl sites for hydroxylation is 1. The lowest BCUT2D eigenvalue weighted by Crippen LogP contribution is -2.50. The van der Waals surface area contributed by atoms with E-state index in [0.29, 0.717) is 31.2 Å². The van der Waals surface area contributed by atoms with Crippen LogP contribution in [0.25, 0.3) is 0 Å². The Balaban J connectivity index is 1.26. The van der Waals surface area contributed by atoms with E-state index in [9.17, 15) is 14.7 Å². The number of nitrogens with one attached hydrogen (secondary N) is 1. The van der Waals surface area contributed by atoms with Crippen LogP contribution in [0.15, 0.2) is 40.5 Å². The van der Waals surface area contributed by atoms with Crippen molar-refractivity contribution in [2.24, 2.45) is 5.92 Å². The first-order valence-electron chi connectivity index (χ1n) is 14.2. The number of carbonyl (C=O) groups excluding carboxylic acids is 2. The number of Topliss-reactive ketones (excluding diaryl/α,β-unsaturated/α-hetero) is 1. The molecular weight excluding hydrogens is 514 g/mol. The standard InChI is InChI=1S/C30H43N3O7/c1-17(8-11-26-28(36)30(16-37-30)15-23(39-26)14-20(4)34)7-10-25-19(3)13-24(21(5)38-25)32-27(35)12-9-18(2)29-31-22(6)40-33-29/h7-9,11-12,18-19,21,23-26,28,36H,10,13-16H2,1-6H3,(H,32,35)/b11-8+,12-9-,17-7+/t18-,19-,21+,23+,24+,25-,26+,28+,30+/m0/s1. The van der Waals surface area contributed by atoms with E-state index in [1.54, 1.807) is 19.9 Å². The van der Waals surface area contributed by atoms with Crippen LogP contribution in [0.4, 0.5) is 0 Å². The predicted octanol–water partition coefficient (Wildman–Crippen LogP) is 3.50. The van der Waals surface area contributed by atoms with Crippen LogP contribution >= 0.6 is 0 Å². The summed E-state index contributed by atoms with van der Waals surface area (Å²) in [5.74, 6) is 1.06. The molecule has 1 spiro atoms. The summed E-state index contributed by atoms with van der Waals surface area (Å²) in [6.45, 7) is 11.8. The van der Waals surface area contributed by atoms with Crippen molar-refractivity contribution in [1.82, 2.24) is 15.5 Å². The second-order valence-corrected chi connectivity index (χ2v) is 11.7. The van der Waals surface area contributed by atoms with E-state index in [1.165, 1.54) is 6.08 Å². The monoisotopic (exact) mass is 557 g/mol. The molecule has 0 aliphatic carbocycles. The molecule has 0 radical (unpaired) electrons. The molecule has 4 rings (SSSR count). The first-order chi connectivity index (χ1) is 19.0. The number of ketones is 1. The summed E-state index contributed by atoms with van der Waals surface area (Å²) >= 11 is 0. The van der Waals surface area contributed by atoms with Gasteiger partial charge in [0.1, 0.15) is 23.6 Å². The molecule has 1 aromatic heterocycles. The number of rotatable bonds is 10. The summed E-state index contributed by atoms with van der Waals surface area (Å²) in [5.41, 5.74) is 0.449. The van der Waals surface area contributed by atoms with Crippen LogP contribution < -0.4 is 5.32 Å². The molecule has 0 bridgehead atoms. The number of hydrogen-bond acceptors (Lipinski definition) is 9. The van der Waals surface area contributed by atoms with Gasteiger partial charge in [-0.25, -0.2) is 0 Å². The molecule has 4 heterocycles. The van der Waals surface area contributed by atoms with E-state index in [2.05, 4.69) is 28.5 Å². The zero-order valence-electron chi connectivity index (χ0n) is 24.3. The lowest BCUT2D eigenvalue weighted by atomic mass is 9.87. The third kappa shape index (κ3) is 7.75. The third-order valence-corrected chi connectivity index (χ3v) is 8.06. The van der Waals surface area contributed by atoms with E-state index in [0.717, 1.165) is 18.4 Å². The minimum Gasteiger partial charge on any atom is -0.387 e. The summed E-state index contributed by atoms with van der Waals surface area (Å²) in [6.07, 6.45) is 10.0. The molecule has 2 N–H and O–H groups in total. The minimum atomic E-state index is -0.754. The van der Waals surface area contributed by atoms with Crippen molar-refractivity contribution < 1.29 is 33.4 Å². The number of hydrogen-bond donors (Lipinski definition) is 2. The van der Waals surface area contributed by atoms with E-state index in [-0.39, 0.29) is 47.9 Å². The fourth-order valence-corrected chi connectivity index (χ4v) is 5.50. The molecule has 0 saturated carbocycles. The number of aliphatic hydroxyl groups excluding tert-OH is 1. The number of carbonyl (C=O) groups is 2. The van der Waals surface area contributed by atoms with Gasteiger partial charge in [0.15, 0.2) is 5.82 Å². The third-order valence-electron chi connectivity index (χ3n) is 8.06. The predicted molar refractivity (Wildman–Crippen MR) is 147 cm³/mol. The van der Waals surface area contributed by atoms with E-state index in [1.807, 2.05) is 32.9 Å². The maximum Gasteiger partial charge on any atom is 0.243 e. The maximum absolute atomic E-state index is 12.6. The zero-order valence-corrected chi connectivity index (χ0v) is 24.3. The number of epoxide rings is 1. The van der Waals surface area contributed by atoms with Crippen LogP contribution in [0.2, 0.25) is 0 Å². The minimum absolute atomic E-state index is 0.0307. The van der Waals surface area contributed by atoms with Gasteiger partial charge in [-0.2, -0.15) is 4.98 Å². The normalized spacial score (nSPS) is 35.4. The fraction of sp³-hybridized carbons (Fsp3) is 0.667. The Morgan fingerprint density at radius 2 is 1.98 bits per heavy atom. The Labute approximate surface area is 236 Å². The van der Waals surface area contributed by atoms with E-state index < -0.39 is 17.8 Å². The molecule has 220 valence electrons. The summed E-state index contributed by atoms with van der Waals surface area (Å²) < 4.78 is 22.9. The lowest BCUT2D eigenvalue weighted by Gasteiger charge is -2.39. The van der Waals surface area contributed by atoms with Crippen molar-refractivity contribution in [3.05, 3.63) is 47.7 Å². The molecule has 3 saturated heterocycles. The Bertz CT molecular complexity index is 1140. The molecule has 40 heavy (non-hydrogen) atoms. The van der Waals surface area contributed by atoms with Gasteiger partial charge in [0.25, 0.3) is 0 Å². The highest BCUT2D eigenvalue weighted by Gasteiger charge is 2.58. The molecule has 3 aliphatic heterocycles. The van der Waals surface area contributed by atoms with Crippen molar-refractivity contribution in [2.45, 2.75) is 115 Å². The highest BCUT2D eigenvalue weighted by molar-refractivity contribution is 5.87. The molecule has 10 nitrogen and oxygen atoms in total. The van der Waals surface area contributed by atoms with Crippen molar-refractivity contribution in [1.29, 1.82) is 0 Å². The summed E-state index contributed by atoms with van der Waals surface area (Å²) in [4.78, 5) is 28.4. The SMILES string of the molecule is CC(=O)C[C@@H]1C[C@@]2(CO2)[C@H](O)[C@@H](/C=C/C(C)=C/C[C@@H]2O[C@H](C)[C@H](NC(=O)/C=C\[C@H](C)c3noc(C)n3)C[C@@H]2C)O1. The first-order valence-corrected chi connectivity index (χ1v) is 14.2. The zero-order chi connectivity index (χ0) is 29.0. The van der Waals surface area contributed by atoms with Gasteiger partial charge < -0.3 is 29.2 Å². The first kappa shape index (κ1) is 30.3. The molecule has 1 aromatic rings. The van der Waals surface area contributed by atoms with Gasteiger partial charge >= 0.3 is 0 Å². The van der Waals surface area contributed by atoms with Crippen LogP contribution in [-0.2, 0) is 23.8 Å². The van der Waals surface area contributed by atoms with E-state index >= 15 is 0 Å². The number of aliphatic hydroxyl groups is 1. The average molecular weight is 558 g/mol. The Morgan fingerprint density at radius 1 is 1.23 bits per heavy atom. The molecule has 9 atom stereocenters. The molecule has 10 heteroatoms. The molecule has 0 unspecified atom stereocenters. The summed E-state index contributed by atoms with van der Waals surface area (Å²) in [5, 5.41) is 17.7. The maximum atomic E-state index is 12.6. The number of amides is 1. The van der Waals surface area contributed by atoms with Crippen LogP contribution in [-0.4, -0.2) is 75.7 Å². The van der Waals surface area contributed by atoms with Gasteiger partial charge in [0.05, 0.1) is 31.0 Å². The number of nitrogens with zero attached hydrogens (tertiary/aromatic N) is 2. The highest BCUT2D eigenvalue weighted by Crippen LogP contribution is 2.43. The highest BCUT2D eigenvalue weighted by atomic mass is 16.6. The summed E-state index contributed by atoms with van der Waals surface area (Å²) in [7, 11) is 0. The Kier molecular flexibility index (Phi) is 9.76. The van der Waals surface area contributed by atoms with Gasteiger partial charge in [0.2, 0.25) is 11.8 Å². The van der Waals surface area contributed by atoms with Gasteiger partial charge in [-0.1, -0.05) is 48.9 Å². The van der Waals surface area contributed by atoms with Crippen LogP contribution in [0.5, 0.6) is 0 Å². The largest absolute Gasteiger partial charge is 0.387 e. The number of allylic oxidation sites excluding steroid dienone is 3. The Morgan fingerprint density at radius 3 is 2.62 bits per heavy atom. The quantitative estimate of drug-likeness (QED) is 0.252. The van der Waals surface area contributed by atoms with E-state index in [4.69, 9.17) is 18.7 Å². The van der Waals surface area contributed by atoms with Gasteiger partial charge in [-0.15, -0.1) is 0 Å². The van der Waals surface area contributed by atoms with Crippen LogP contribution in [0.3, 0.4) is 0 Å². The van der Waals surface area contributed by atoms with Crippen molar-refractivity contribution in [2.75, 3.05) is 6.61 Å². The summed E-state index contributed by atoms with van der Waals surface area (Å²) in [6, 6.07) is -0.0825. The van der Waals surface area contributed by atoms with Crippen molar-refractivity contribution in [3.8, 4) is 0 Å². The van der Waals surface area contributed by atoms with Crippen molar-refractivity contribution in [3.63, 3.8) is 0 Å². The number of aromatic nitrogens is 2. The topological polar surface area (TPSA) is 136 Å². The average Bonchev–Trinajstić information content (AvgIpc) is 3.53. The Hall–Kier alpha value is -2.66. The van der Waals surface area contributed by atoms with Crippen LogP contribution in [0.1, 0.15) is 77.9 Å². The van der Waals surface area contributed by atoms with Gasteiger partial charge in [-0.05, 0) is 45.6 Å². The lowest BCUT2D eigenvalue weighted by molar-refractivity contribution is -0.143. The second-order valence-electron chi connectivity index (χ2n) is 11.7. The van der Waals surface area contributed by atoms with Gasteiger partial charge in [-0.3, -0.25) is 9.59 Å². The van der Waals surface area contributed by atoms with Gasteiger partial charge in [0, 0.05) is 25.7 Å². The van der Waals surface area contributed by atoms with Crippen LogP contribution in [0, 0.1) is 12.8 Å². The fourth-order valence-electron chi connectivity index (χ4n) is 5.50. The smallest absolute Gasteiger partial charge is 0.243 e. The molecule has 0 aromatic carbocycles. The second kappa shape index (κ2) is 12.9. The van der Waals surface area contributed by atoms with Crippen molar-refractivity contribution >= 4 is 11.7 Å². The molecule has 3 aliphatic rings. The molecule has 1 amide bonds. The number of ether oxygens (including phenoxy) is 3. The molecule has 3 fully saturated rings. The molecular formula is C30H43N3O7.